The van der Waals surface area contributed by atoms with Crippen LogP contribution in [0.5, 0.6) is 0 Å². The molecule has 1 fully saturated rings. The van der Waals surface area contributed by atoms with Gasteiger partial charge in [0.2, 0.25) is 0 Å². The van der Waals surface area contributed by atoms with E-state index >= 15 is 0 Å². The molecular formula is C25H36N4O3S. The van der Waals surface area contributed by atoms with Crippen molar-refractivity contribution in [3.8, 4) is 11.3 Å². The summed E-state index contributed by atoms with van der Waals surface area (Å²) in [5, 5.41) is 0. The van der Waals surface area contributed by atoms with Crippen LogP contribution in [-0.4, -0.2) is 52.7 Å². The summed E-state index contributed by atoms with van der Waals surface area (Å²) in [5.41, 5.74) is 5.71. The highest BCUT2D eigenvalue weighted by atomic mass is 32.3. The van der Waals surface area contributed by atoms with Crippen LogP contribution in [-0.2, 0) is 13.6 Å². The van der Waals surface area contributed by atoms with Gasteiger partial charge < -0.3 is 0 Å². The average molecular weight is 473 g/mol. The molecule has 0 saturated carbocycles. The zero-order valence-corrected chi connectivity index (χ0v) is 21.3. The van der Waals surface area contributed by atoms with Gasteiger partial charge in [0.05, 0.1) is 22.7 Å². The maximum absolute atomic E-state index is 12.9. The fraction of sp³-hybridized carbons (Fsp3) is 0.520. The Morgan fingerprint density at radius 3 is 2.42 bits per heavy atom. The Balaban J connectivity index is 1.70. The van der Waals surface area contributed by atoms with Gasteiger partial charge in [-0.15, -0.1) is 0 Å². The van der Waals surface area contributed by atoms with E-state index in [2.05, 4.69) is 57.7 Å². The number of aryl methyl sites for hydroxylation is 2. The first-order valence-electron chi connectivity index (χ1n) is 11.5. The van der Waals surface area contributed by atoms with Gasteiger partial charge in [0.15, 0.2) is 5.65 Å². The van der Waals surface area contributed by atoms with Crippen molar-refractivity contribution in [2.24, 2.45) is 12.5 Å². The minimum absolute atomic E-state index is 0.0144. The monoisotopic (exact) mass is 472 g/mol. The van der Waals surface area contributed by atoms with Crippen molar-refractivity contribution < 1.29 is 9.11 Å². The molecule has 1 aliphatic heterocycles. The van der Waals surface area contributed by atoms with E-state index in [0.717, 1.165) is 22.3 Å². The highest BCUT2D eigenvalue weighted by molar-refractivity contribution is 8.24. The molecule has 0 radical (unpaired) electrons. The van der Waals surface area contributed by atoms with E-state index in [1.54, 1.807) is 11.6 Å². The molecule has 3 heterocycles. The van der Waals surface area contributed by atoms with Crippen LogP contribution in [0.3, 0.4) is 0 Å². The van der Waals surface area contributed by atoms with Gasteiger partial charge >= 0.3 is 5.69 Å². The van der Waals surface area contributed by atoms with Crippen LogP contribution in [0.15, 0.2) is 35.1 Å². The molecule has 33 heavy (non-hydrogen) atoms. The lowest BCUT2D eigenvalue weighted by molar-refractivity contribution is 0.223. The van der Waals surface area contributed by atoms with Gasteiger partial charge in [0.25, 0.3) is 0 Å². The molecule has 3 aromatic rings. The predicted molar refractivity (Wildman–Crippen MR) is 137 cm³/mol. The third kappa shape index (κ3) is 4.89. The van der Waals surface area contributed by atoms with Crippen LogP contribution in [0.25, 0.3) is 22.4 Å². The summed E-state index contributed by atoms with van der Waals surface area (Å²) in [7, 11) is -0.624. The summed E-state index contributed by atoms with van der Waals surface area (Å²) in [5.74, 6) is 0.877. The van der Waals surface area contributed by atoms with Crippen LogP contribution in [0.4, 0.5) is 0 Å². The van der Waals surface area contributed by atoms with E-state index in [-0.39, 0.29) is 17.1 Å². The van der Waals surface area contributed by atoms with Crippen LogP contribution in [0.1, 0.15) is 44.9 Å². The summed E-state index contributed by atoms with van der Waals surface area (Å²) < 4.78 is 23.3. The molecule has 0 aliphatic carbocycles. The first kappa shape index (κ1) is 24.0. The van der Waals surface area contributed by atoms with E-state index in [9.17, 15) is 13.9 Å². The molecule has 7 nitrogen and oxygen atoms in total. The molecule has 4 rings (SSSR count). The summed E-state index contributed by atoms with van der Waals surface area (Å²) in [6.45, 7) is 12.6. The van der Waals surface area contributed by atoms with Crippen LogP contribution in [0, 0.1) is 12.3 Å². The van der Waals surface area contributed by atoms with Crippen molar-refractivity contribution >= 4 is 21.8 Å². The first-order valence-corrected chi connectivity index (χ1v) is 13.4. The number of nitrogens with zero attached hydrogens (tertiary/aromatic N) is 4. The smallest absolute Gasteiger partial charge is 0.299 e. The Morgan fingerprint density at radius 1 is 1.12 bits per heavy atom. The molecule has 1 saturated heterocycles. The molecule has 0 amide bonds. The van der Waals surface area contributed by atoms with Gasteiger partial charge in [-0.1, -0.05) is 32.9 Å². The Labute approximate surface area is 197 Å². The zero-order valence-electron chi connectivity index (χ0n) is 20.5. The molecule has 2 aromatic heterocycles. The molecule has 2 N–H and O–H groups in total. The number of hydrogen-bond donors (Lipinski definition) is 2. The van der Waals surface area contributed by atoms with Crippen molar-refractivity contribution in [1.82, 2.24) is 19.0 Å². The van der Waals surface area contributed by atoms with Gasteiger partial charge in [0, 0.05) is 38.3 Å². The molecule has 1 atom stereocenters. The second-order valence-electron chi connectivity index (χ2n) is 10.5. The topological polar surface area (TPSA) is 83.5 Å². The fourth-order valence-electron chi connectivity index (χ4n) is 4.56. The fourth-order valence-corrected chi connectivity index (χ4v) is 5.82. The summed E-state index contributed by atoms with van der Waals surface area (Å²) in [4.78, 5) is 20.1. The molecule has 0 spiro atoms. The third-order valence-electron chi connectivity index (χ3n) is 6.59. The van der Waals surface area contributed by atoms with Crippen molar-refractivity contribution in [1.29, 1.82) is 0 Å². The SMILES string of the molecule is Cc1ccc([C@@H](C)N2CCS(O)(O)CC2)cc1-c1ccc2c(n1)n(C)c(=O)n2CC(C)(C)C. The number of aromatic nitrogens is 3. The molecule has 0 bridgehead atoms. The number of rotatable bonds is 4. The average Bonchev–Trinajstić information content (AvgIpc) is 2.97. The summed E-state index contributed by atoms with van der Waals surface area (Å²) in [6.07, 6.45) is 0. The van der Waals surface area contributed by atoms with Crippen LogP contribution >= 0.6 is 10.6 Å². The lowest BCUT2D eigenvalue weighted by Gasteiger charge is -2.43. The summed E-state index contributed by atoms with van der Waals surface area (Å²) in [6, 6.07) is 10.6. The highest BCUT2D eigenvalue weighted by Crippen LogP contribution is 2.42. The number of fused-ring (bicyclic) bond motifs is 1. The lowest BCUT2D eigenvalue weighted by atomic mass is 9.97. The maximum Gasteiger partial charge on any atom is 0.330 e. The number of imidazole rings is 1. The Bertz CT molecular complexity index is 1230. The standard InChI is InChI=1S/C25H36N4O3S/c1-17-7-8-19(18(2)28-11-13-33(31,32)14-12-28)15-20(17)21-9-10-22-23(26-21)27(6)24(30)29(22)16-25(3,4)5/h7-10,15,18,31-32H,11-14,16H2,1-6H3/t18-/m1/s1. The number of benzene rings is 1. The van der Waals surface area contributed by atoms with E-state index in [0.29, 0.717) is 36.8 Å². The second-order valence-corrected chi connectivity index (χ2v) is 12.9. The molecule has 8 heteroatoms. The maximum atomic E-state index is 12.9. The predicted octanol–water partition coefficient (Wildman–Crippen LogP) is 4.88. The summed E-state index contributed by atoms with van der Waals surface area (Å²) >= 11 is 0. The van der Waals surface area contributed by atoms with Crippen molar-refractivity contribution in [2.75, 3.05) is 24.6 Å². The lowest BCUT2D eigenvalue weighted by Crippen LogP contribution is -2.39. The Kier molecular flexibility index (Phi) is 6.24. The van der Waals surface area contributed by atoms with Crippen molar-refractivity contribution in [2.45, 2.75) is 47.2 Å². The molecule has 1 aromatic carbocycles. The minimum atomic E-state index is -2.41. The third-order valence-corrected chi connectivity index (χ3v) is 8.26. The first-order chi connectivity index (χ1) is 15.4. The van der Waals surface area contributed by atoms with E-state index in [1.165, 1.54) is 5.56 Å². The number of pyridine rings is 1. The second kappa shape index (κ2) is 8.58. The Morgan fingerprint density at radius 2 is 1.79 bits per heavy atom. The zero-order chi connectivity index (χ0) is 24.1. The van der Waals surface area contributed by atoms with Gasteiger partial charge in [-0.25, -0.2) is 9.78 Å². The van der Waals surface area contributed by atoms with Crippen molar-refractivity contribution in [3.05, 3.63) is 51.9 Å². The van der Waals surface area contributed by atoms with Gasteiger partial charge in [-0.3, -0.25) is 23.1 Å². The molecular weight excluding hydrogens is 436 g/mol. The van der Waals surface area contributed by atoms with Gasteiger partial charge in [-0.05, 0) is 48.6 Å². The van der Waals surface area contributed by atoms with Gasteiger partial charge in [0.1, 0.15) is 0 Å². The normalized spacial score (nSPS) is 19.0. The van der Waals surface area contributed by atoms with Crippen LogP contribution < -0.4 is 5.69 Å². The van der Waals surface area contributed by atoms with E-state index in [1.807, 2.05) is 16.7 Å². The van der Waals surface area contributed by atoms with E-state index in [4.69, 9.17) is 4.98 Å². The van der Waals surface area contributed by atoms with Crippen LogP contribution in [0.2, 0.25) is 0 Å². The molecule has 180 valence electrons. The molecule has 1 aliphatic rings. The Hall–Kier alpha value is -2.13. The number of hydrogen-bond acceptors (Lipinski definition) is 5. The van der Waals surface area contributed by atoms with Crippen molar-refractivity contribution in [3.63, 3.8) is 0 Å². The van der Waals surface area contributed by atoms with Gasteiger partial charge in [-0.2, -0.15) is 10.6 Å². The largest absolute Gasteiger partial charge is 0.330 e. The minimum Gasteiger partial charge on any atom is -0.299 e. The highest BCUT2D eigenvalue weighted by Gasteiger charge is 2.26. The quantitative estimate of drug-likeness (QED) is 0.565. The molecule has 0 unspecified atom stereocenters. The van der Waals surface area contributed by atoms with E-state index < -0.39 is 10.6 Å².